The lowest BCUT2D eigenvalue weighted by molar-refractivity contribution is -0.132. The molecule has 3 N–H and O–H groups in total. The van der Waals surface area contributed by atoms with Gasteiger partial charge in [0.25, 0.3) is 5.91 Å². The first kappa shape index (κ1) is 20.6. The molecule has 27 heavy (non-hydrogen) atoms. The number of nitrogens with two attached hydrogens (primary N) is 1. The van der Waals surface area contributed by atoms with Gasteiger partial charge in [-0.25, -0.2) is 0 Å². The highest BCUT2D eigenvalue weighted by Gasteiger charge is 2.24. The van der Waals surface area contributed by atoms with Crippen LogP contribution >= 0.6 is 12.4 Å². The number of carbonyl (C=O) groups excluding carboxylic acids is 2. The minimum Gasteiger partial charge on any atom is -0.508 e. The number of anilines is 1. The first-order valence-corrected chi connectivity index (χ1v) is 8.74. The zero-order valence-corrected chi connectivity index (χ0v) is 15.8. The number of phenolic OH excluding ortho intramolecular Hbond substituents is 1. The van der Waals surface area contributed by atoms with Crippen molar-refractivity contribution in [2.75, 3.05) is 31.9 Å². The molecule has 0 bridgehead atoms. The van der Waals surface area contributed by atoms with Crippen LogP contribution in [-0.4, -0.2) is 52.9 Å². The molecule has 0 aromatic heterocycles. The first-order chi connectivity index (χ1) is 12.5. The van der Waals surface area contributed by atoms with E-state index in [0.29, 0.717) is 50.3 Å². The molecule has 1 aliphatic rings. The Balaban J connectivity index is 0.00000261. The highest BCUT2D eigenvalue weighted by atomic mass is 35.5. The number of phenols is 1. The molecule has 144 valence electrons. The molecule has 0 atom stereocenters. The molecule has 6 nitrogen and oxygen atoms in total. The maximum atomic E-state index is 12.5. The number of hydrogen-bond donors (Lipinski definition) is 2. The molecule has 1 heterocycles. The first-order valence-electron chi connectivity index (χ1n) is 8.74. The number of amides is 2. The monoisotopic (exact) mass is 389 g/mol. The van der Waals surface area contributed by atoms with Crippen LogP contribution in [0.4, 0.5) is 5.69 Å². The third kappa shape index (κ3) is 5.14. The van der Waals surface area contributed by atoms with Crippen LogP contribution in [-0.2, 0) is 11.2 Å². The Bertz CT molecular complexity index is 805. The van der Waals surface area contributed by atoms with Gasteiger partial charge < -0.3 is 20.6 Å². The van der Waals surface area contributed by atoms with E-state index < -0.39 is 0 Å². The quantitative estimate of drug-likeness (QED) is 0.785. The van der Waals surface area contributed by atoms with Crippen molar-refractivity contribution in [3.63, 3.8) is 0 Å². The van der Waals surface area contributed by atoms with E-state index in [0.717, 1.165) is 5.56 Å². The topological polar surface area (TPSA) is 86.9 Å². The highest BCUT2D eigenvalue weighted by molar-refractivity contribution is 5.94. The molecular weight excluding hydrogens is 366 g/mol. The van der Waals surface area contributed by atoms with E-state index in [4.69, 9.17) is 5.73 Å². The van der Waals surface area contributed by atoms with Gasteiger partial charge in [-0.2, -0.15) is 0 Å². The van der Waals surface area contributed by atoms with Crippen LogP contribution in [0.5, 0.6) is 5.75 Å². The number of nitrogens with zero attached hydrogens (tertiary/aromatic N) is 2. The lowest BCUT2D eigenvalue weighted by atomic mass is 10.1. The summed E-state index contributed by atoms with van der Waals surface area (Å²) in [4.78, 5) is 28.4. The molecule has 2 amide bonds. The van der Waals surface area contributed by atoms with E-state index in [1.165, 1.54) is 12.1 Å². The largest absolute Gasteiger partial charge is 0.508 e. The SMILES string of the molecule is Cl.Nc1ccccc1CCC(=O)N1CCN(C(=O)c2cccc(O)c2)CC1. The van der Waals surface area contributed by atoms with Gasteiger partial charge in [0.15, 0.2) is 0 Å². The molecule has 0 unspecified atom stereocenters. The maximum absolute atomic E-state index is 12.5. The molecule has 1 saturated heterocycles. The Hall–Kier alpha value is -2.73. The van der Waals surface area contributed by atoms with Gasteiger partial charge in [0.2, 0.25) is 5.91 Å². The number of para-hydroxylation sites is 1. The number of piperazine rings is 1. The summed E-state index contributed by atoms with van der Waals surface area (Å²) >= 11 is 0. The lowest BCUT2D eigenvalue weighted by Crippen LogP contribution is -2.50. The lowest BCUT2D eigenvalue weighted by Gasteiger charge is -2.35. The molecular formula is C20H24ClN3O3. The van der Waals surface area contributed by atoms with Gasteiger partial charge in [0.05, 0.1) is 0 Å². The summed E-state index contributed by atoms with van der Waals surface area (Å²) in [6.45, 7) is 2.03. The van der Waals surface area contributed by atoms with Crippen molar-refractivity contribution >= 4 is 29.9 Å². The zero-order valence-electron chi connectivity index (χ0n) is 15.0. The van der Waals surface area contributed by atoms with Crippen molar-refractivity contribution in [3.8, 4) is 5.75 Å². The molecule has 0 saturated carbocycles. The molecule has 1 fully saturated rings. The number of benzene rings is 2. The Kier molecular flexibility index (Phi) is 7.07. The van der Waals surface area contributed by atoms with E-state index in [9.17, 15) is 14.7 Å². The van der Waals surface area contributed by atoms with Crippen LogP contribution in [0.25, 0.3) is 0 Å². The van der Waals surface area contributed by atoms with Crippen LogP contribution in [0.2, 0.25) is 0 Å². The standard InChI is InChI=1S/C20H23N3O3.ClH/c21-18-7-2-1-4-15(18)8-9-19(25)22-10-12-23(13-11-22)20(26)16-5-3-6-17(24)14-16;/h1-7,14,24H,8-13,21H2;1H. The van der Waals surface area contributed by atoms with Gasteiger partial charge >= 0.3 is 0 Å². The number of aromatic hydroxyl groups is 1. The van der Waals surface area contributed by atoms with Gasteiger partial charge in [0.1, 0.15) is 5.75 Å². The number of carbonyl (C=O) groups is 2. The third-order valence-electron chi connectivity index (χ3n) is 4.68. The van der Waals surface area contributed by atoms with Crippen LogP contribution in [0, 0.1) is 0 Å². The fourth-order valence-electron chi connectivity index (χ4n) is 3.14. The summed E-state index contributed by atoms with van der Waals surface area (Å²) in [5.41, 5.74) is 8.07. The van der Waals surface area contributed by atoms with E-state index in [1.807, 2.05) is 24.3 Å². The fourth-order valence-corrected chi connectivity index (χ4v) is 3.14. The number of rotatable bonds is 4. The summed E-state index contributed by atoms with van der Waals surface area (Å²) < 4.78 is 0. The molecule has 2 aromatic rings. The van der Waals surface area contributed by atoms with Gasteiger partial charge in [-0.3, -0.25) is 9.59 Å². The van der Waals surface area contributed by atoms with Crippen LogP contribution in [0.15, 0.2) is 48.5 Å². The Morgan fingerprint density at radius 2 is 1.63 bits per heavy atom. The van der Waals surface area contributed by atoms with Crippen LogP contribution in [0.3, 0.4) is 0 Å². The predicted octanol–water partition coefficient (Wildman–Crippen LogP) is 2.31. The molecule has 7 heteroatoms. The fraction of sp³-hybridized carbons (Fsp3) is 0.300. The average Bonchev–Trinajstić information content (AvgIpc) is 2.66. The zero-order chi connectivity index (χ0) is 18.5. The molecule has 1 aliphatic heterocycles. The minimum atomic E-state index is -0.120. The molecule has 2 aromatic carbocycles. The third-order valence-corrected chi connectivity index (χ3v) is 4.68. The Labute approximate surface area is 165 Å². The summed E-state index contributed by atoms with van der Waals surface area (Å²) in [6, 6.07) is 13.9. The van der Waals surface area contributed by atoms with Crippen molar-refractivity contribution in [2.24, 2.45) is 0 Å². The molecule has 0 aliphatic carbocycles. The molecule has 0 spiro atoms. The molecule has 0 radical (unpaired) electrons. The second-order valence-electron chi connectivity index (χ2n) is 6.42. The van der Waals surface area contributed by atoms with Gasteiger partial charge in [-0.05, 0) is 36.2 Å². The highest BCUT2D eigenvalue weighted by Crippen LogP contribution is 2.16. The van der Waals surface area contributed by atoms with E-state index >= 15 is 0 Å². The average molecular weight is 390 g/mol. The maximum Gasteiger partial charge on any atom is 0.254 e. The Morgan fingerprint density at radius 1 is 0.963 bits per heavy atom. The Morgan fingerprint density at radius 3 is 2.30 bits per heavy atom. The second kappa shape index (κ2) is 9.28. The number of halogens is 1. The van der Waals surface area contributed by atoms with Gasteiger partial charge in [-0.15, -0.1) is 12.4 Å². The second-order valence-corrected chi connectivity index (χ2v) is 6.42. The number of hydrogen-bond acceptors (Lipinski definition) is 4. The van der Waals surface area contributed by atoms with Crippen LogP contribution < -0.4 is 5.73 Å². The van der Waals surface area contributed by atoms with Crippen molar-refractivity contribution in [1.29, 1.82) is 0 Å². The summed E-state index contributed by atoms with van der Waals surface area (Å²) in [5, 5.41) is 9.52. The van der Waals surface area contributed by atoms with E-state index in [2.05, 4.69) is 0 Å². The predicted molar refractivity (Wildman–Crippen MR) is 107 cm³/mol. The smallest absolute Gasteiger partial charge is 0.254 e. The number of aryl methyl sites for hydroxylation is 1. The minimum absolute atomic E-state index is 0. The normalized spacial score (nSPS) is 13.8. The molecule has 3 rings (SSSR count). The van der Waals surface area contributed by atoms with Crippen molar-refractivity contribution < 1.29 is 14.7 Å². The number of nitrogen functional groups attached to an aromatic ring is 1. The van der Waals surface area contributed by atoms with Gasteiger partial charge in [-0.1, -0.05) is 24.3 Å². The van der Waals surface area contributed by atoms with Crippen molar-refractivity contribution in [1.82, 2.24) is 9.80 Å². The van der Waals surface area contributed by atoms with Gasteiger partial charge in [0, 0.05) is 43.9 Å². The van der Waals surface area contributed by atoms with E-state index in [-0.39, 0.29) is 30.0 Å². The van der Waals surface area contributed by atoms with Crippen molar-refractivity contribution in [3.05, 3.63) is 59.7 Å². The summed E-state index contributed by atoms with van der Waals surface area (Å²) in [5.74, 6) is 0.0348. The van der Waals surface area contributed by atoms with Crippen molar-refractivity contribution in [2.45, 2.75) is 12.8 Å². The summed E-state index contributed by atoms with van der Waals surface area (Å²) in [6.07, 6.45) is 1.03. The summed E-state index contributed by atoms with van der Waals surface area (Å²) in [7, 11) is 0. The van der Waals surface area contributed by atoms with E-state index in [1.54, 1.807) is 21.9 Å². The van der Waals surface area contributed by atoms with Crippen LogP contribution in [0.1, 0.15) is 22.3 Å².